The minimum Gasteiger partial charge on any atom is -0.493 e. The number of benzene rings is 1. The molecule has 0 aliphatic heterocycles. The Kier molecular flexibility index (Phi) is 6.50. The highest BCUT2D eigenvalue weighted by atomic mass is 32.2. The SMILES string of the molecule is NCCCSCCOc1ccc(C(=O)O)cc1. The molecule has 0 radical (unpaired) electrons. The van der Waals surface area contributed by atoms with E-state index in [-0.39, 0.29) is 5.56 Å². The summed E-state index contributed by atoms with van der Waals surface area (Å²) in [6, 6.07) is 6.43. The Labute approximate surface area is 105 Å². The highest BCUT2D eigenvalue weighted by Gasteiger charge is 2.01. The molecule has 0 atom stereocenters. The molecule has 1 aromatic rings. The molecule has 0 saturated carbocycles. The fraction of sp³-hybridized carbons (Fsp3) is 0.417. The minimum atomic E-state index is -0.922. The molecule has 0 spiro atoms. The summed E-state index contributed by atoms with van der Waals surface area (Å²) >= 11 is 1.81. The minimum absolute atomic E-state index is 0.273. The summed E-state index contributed by atoms with van der Waals surface area (Å²) in [4.78, 5) is 10.6. The molecule has 5 heteroatoms. The van der Waals surface area contributed by atoms with Gasteiger partial charge in [0.05, 0.1) is 12.2 Å². The van der Waals surface area contributed by atoms with E-state index in [2.05, 4.69) is 0 Å². The van der Waals surface area contributed by atoms with Crippen LogP contribution in [0, 0.1) is 0 Å². The van der Waals surface area contributed by atoms with E-state index in [0.717, 1.165) is 24.5 Å². The van der Waals surface area contributed by atoms with Crippen molar-refractivity contribution in [1.29, 1.82) is 0 Å². The van der Waals surface area contributed by atoms with Crippen LogP contribution in [0.2, 0.25) is 0 Å². The highest BCUT2D eigenvalue weighted by Crippen LogP contribution is 2.12. The third-order valence-corrected chi connectivity index (χ3v) is 3.12. The van der Waals surface area contributed by atoms with Gasteiger partial charge in [-0.15, -0.1) is 0 Å². The van der Waals surface area contributed by atoms with Crippen molar-refractivity contribution >= 4 is 17.7 Å². The van der Waals surface area contributed by atoms with E-state index in [9.17, 15) is 4.79 Å². The Bertz CT molecular complexity index is 340. The molecule has 0 amide bonds. The van der Waals surface area contributed by atoms with Crippen molar-refractivity contribution in [2.75, 3.05) is 24.7 Å². The van der Waals surface area contributed by atoms with Crippen LogP contribution in [0.5, 0.6) is 5.75 Å². The molecule has 3 N–H and O–H groups in total. The zero-order chi connectivity index (χ0) is 12.5. The van der Waals surface area contributed by atoms with Crippen LogP contribution in [0.25, 0.3) is 0 Å². The number of carboxylic acids is 1. The Hall–Kier alpha value is -1.20. The molecule has 1 rings (SSSR count). The van der Waals surface area contributed by atoms with Crippen LogP contribution in [0.1, 0.15) is 16.8 Å². The Balaban J connectivity index is 2.21. The first kappa shape index (κ1) is 13.9. The summed E-state index contributed by atoms with van der Waals surface area (Å²) < 4.78 is 5.48. The van der Waals surface area contributed by atoms with Gasteiger partial charge >= 0.3 is 5.97 Å². The topological polar surface area (TPSA) is 72.5 Å². The maximum absolute atomic E-state index is 10.6. The van der Waals surface area contributed by atoms with E-state index in [4.69, 9.17) is 15.6 Å². The predicted molar refractivity (Wildman–Crippen MR) is 69.9 cm³/mol. The summed E-state index contributed by atoms with van der Waals surface area (Å²) in [5.41, 5.74) is 5.65. The van der Waals surface area contributed by atoms with Crippen LogP contribution in [0.4, 0.5) is 0 Å². The number of carboxylic acid groups (broad SMARTS) is 1. The second-order valence-electron chi connectivity index (χ2n) is 3.43. The van der Waals surface area contributed by atoms with E-state index in [1.807, 2.05) is 0 Å². The summed E-state index contributed by atoms with van der Waals surface area (Å²) in [5.74, 6) is 1.75. The number of hydrogen-bond acceptors (Lipinski definition) is 4. The fourth-order valence-corrected chi connectivity index (χ4v) is 1.98. The van der Waals surface area contributed by atoms with Gasteiger partial charge in [-0.2, -0.15) is 11.8 Å². The molecule has 94 valence electrons. The molecule has 0 saturated heterocycles. The smallest absolute Gasteiger partial charge is 0.335 e. The lowest BCUT2D eigenvalue weighted by Crippen LogP contribution is -2.03. The zero-order valence-corrected chi connectivity index (χ0v) is 10.4. The summed E-state index contributed by atoms with van der Waals surface area (Å²) in [6.07, 6.45) is 1.03. The van der Waals surface area contributed by atoms with Crippen LogP contribution in [0.15, 0.2) is 24.3 Å². The monoisotopic (exact) mass is 255 g/mol. The molecule has 17 heavy (non-hydrogen) atoms. The highest BCUT2D eigenvalue weighted by molar-refractivity contribution is 7.99. The largest absolute Gasteiger partial charge is 0.493 e. The number of nitrogens with two attached hydrogens (primary N) is 1. The van der Waals surface area contributed by atoms with Crippen LogP contribution in [-0.4, -0.2) is 35.7 Å². The van der Waals surface area contributed by atoms with Crippen molar-refractivity contribution in [2.24, 2.45) is 5.73 Å². The van der Waals surface area contributed by atoms with Crippen LogP contribution in [-0.2, 0) is 0 Å². The van der Waals surface area contributed by atoms with Crippen LogP contribution >= 0.6 is 11.8 Å². The van der Waals surface area contributed by atoms with E-state index in [0.29, 0.717) is 12.4 Å². The van der Waals surface area contributed by atoms with Gasteiger partial charge in [-0.25, -0.2) is 4.79 Å². The van der Waals surface area contributed by atoms with E-state index in [1.165, 1.54) is 0 Å². The molecule has 1 aromatic carbocycles. The van der Waals surface area contributed by atoms with Gasteiger partial charge in [0.1, 0.15) is 5.75 Å². The van der Waals surface area contributed by atoms with Gasteiger partial charge in [0, 0.05) is 5.75 Å². The number of hydrogen-bond donors (Lipinski definition) is 2. The van der Waals surface area contributed by atoms with Gasteiger partial charge in [-0.3, -0.25) is 0 Å². The van der Waals surface area contributed by atoms with Crippen LogP contribution in [0.3, 0.4) is 0 Å². The normalized spacial score (nSPS) is 10.2. The lowest BCUT2D eigenvalue weighted by atomic mass is 10.2. The maximum Gasteiger partial charge on any atom is 0.335 e. The molecule has 0 unspecified atom stereocenters. The van der Waals surface area contributed by atoms with Gasteiger partial charge in [0.25, 0.3) is 0 Å². The first-order chi connectivity index (χ1) is 8.24. The number of rotatable bonds is 8. The van der Waals surface area contributed by atoms with Crippen molar-refractivity contribution in [3.8, 4) is 5.75 Å². The average Bonchev–Trinajstić information content (AvgIpc) is 2.34. The quantitative estimate of drug-likeness (QED) is 0.693. The number of thioether (sulfide) groups is 1. The summed E-state index contributed by atoms with van der Waals surface area (Å²) in [7, 11) is 0. The summed E-state index contributed by atoms with van der Waals surface area (Å²) in [6.45, 7) is 1.35. The Morgan fingerprint density at radius 2 is 2.00 bits per heavy atom. The molecule has 0 fully saturated rings. The number of aromatic carboxylic acids is 1. The Morgan fingerprint density at radius 3 is 2.59 bits per heavy atom. The molecule has 0 aromatic heterocycles. The molecule has 0 heterocycles. The maximum atomic E-state index is 10.6. The van der Waals surface area contributed by atoms with Crippen molar-refractivity contribution in [1.82, 2.24) is 0 Å². The summed E-state index contributed by atoms with van der Waals surface area (Å²) in [5, 5.41) is 8.72. The van der Waals surface area contributed by atoms with Gasteiger partial charge in [-0.05, 0) is 43.0 Å². The molecule has 0 bridgehead atoms. The standard InChI is InChI=1S/C12H17NO3S/c13-6-1-8-17-9-7-16-11-4-2-10(3-5-11)12(14)15/h2-5H,1,6-9,13H2,(H,14,15). The van der Waals surface area contributed by atoms with Gasteiger partial charge in [0.2, 0.25) is 0 Å². The van der Waals surface area contributed by atoms with Crippen LogP contribution < -0.4 is 10.5 Å². The third-order valence-electron chi connectivity index (χ3n) is 2.09. The second-order valence-corrected chi connectivity index (χ2v) is 4.66. The fourth-order valence-electron chi connectivity index (χ4n) is 1.20. The second kappa shape index (κ2) is 7.97. The van der Waals surface area contributed by atoms with Crippen molar-refractivity contribution < 1.29 is 14.6 Å². The molecule has 0 aliphatic rings. The lowest BCUT2D eigenvalue weighted by molar-refractivity contribution is 0.0697. The molecule has 4 nitrogen and oxygen atoms in total. The Morgan fingerprint density at radius 1 is 1.29 bits per heavy atom. The average molecular weight is 255 g/mol. The first-order valence-electron chi connectivity index (χ1n) is 5.48. The lowest BCUT2D eigenvalue weighted by Gasteiger charge is -2.06. The molecular formula is C12H17NO3S. The van der Waals surface area contributed by atoms with Crippen molar-refractivity contribution in [3.05, 3.63) is 29.8 Å². The van der Waals surface area contributed by atoms with Crippen molar-refractivity contribution in [3.63, 3.8) is 0 Å². The van der Waals surface area contributed by atoms with Gasteiger partial charge in [-0.1, -0.05) is 0 Å². The van der Waals surface area contributed by atoms with E-state index < -0.39 is 5.97 Å². The van der Waals surface area contributed by atoms with Crippen molar-refractivity contribution in [2.45, 2.75) is 6.42 Å². The number of carbonyl (C=O) groups is 1. The first-order valence-corrected chi connectivity index (χ1v) is 6.63. The van der Waals surface area contributed by atoms with E-state index >= 15 is 0 Å². The zero-order valence-electron chi connectivity index (χ0n) is 9.59. The molecular weight excluding hydrogens is 238 g/mol. The number of ether oxygens (including phenoxy) is 1. The van der Waals surface area contributed by atoms with E-state index in [1.54, 1.807) is 36.0 Å². The third kappa shape index (κ3) is 5.60. The predicted octanol–water partition coefficient (Wildman–Crippen LogP) is 1.85. The van der Waals surface area contributed by atoms with Gasteiger partial charge < -0.3 is 15.6 Å². The van der Waals surface area contributed by atoms with Gasteiger partial charge in [0.15, 0.2) is 0 Å². The molecule has 0 aliphatic carbocycles.